The zero-order valence-electron chi connectivity index (χ0n) is 10.4. The minimum Gasteiger partial charge on any atom is -0.467 e. The van der Waals surface area contributed by atoms with Gasteiger partial charge in [-0.05, 0) is 24.8 Å². The maximum atomic E-state index is 12.1. The van der Waals surface area contributed by atoms with Gasteiger partial charge in [-0.1, -0.05) is 37.3 Å². The maximum absolute atomic E-state index is 12.1. The zero-order chi connectivity index (χ0) is 12.3. The number of ether oxygens (including phenoxy) is 1. The van der Waals surface area contributed by atoms with E-state index >= 15 is 0 Å². The number of methoxy groups -OCH3 is 1. The van der Waals surface area contributed by atoms with E-state index in [1.54, 1.807) is 0 Å². The van der Waals surface area contributed by atoms with Crippen LogP contribution in [0.3, 0.4) is 0 Å². The standard InChI is InChI=1S/C14H19NO2/c1-3-14(13(16)17-2,15-12-9-10-12)11-7-5-4-6-8-11/h4-8,12,15H,3,9-10H2,1-2H3. The largest absolute Gasteiger partial charge is 0.467 e. The quantitative estimate of drug-likeness (QED) is 0.792. The predicted octanol–water partition coefficient (Wildman–Crippen LogP) is 2.22. The van der Waals surface area contributed by atoms with Crippen LogP contribution in [0.1, 0.15) is 31.7 Å². The Morgan fingerprint density at radius 3 is 2.53 bits per heavy atom. The first-order valence-corrected chi connectivity index (χ1v) is 6.14. The molecule has 1 aromatic rings. The number of nitrogens with one attached hydrogen (secondary N) is 1. The summed E-state index contributed by atoms with van der Waals surface area (Å²) in [6.45, 7) is 2.01. The molecule has 3 nitrogen and oxygen atoms in total. The van der Waals surface area contributed by atoms with Gasteiger partial charge >= 0.3 is 5.97 Å². The SMILES string of the molecule is CCC(NC1CC1)(C(=O)OC)c1ccccc1. The van der Waals surface area contributed by atoms with Crippen LogP contribution in [-0.4, -0.2) is 19.1 Å². The summed E-state index contributed by atoms with van der Waals surface area (Å²) in [5.74, 6) is -0.196. The highest BCUT2D eigenvalue weighted by molar-refractivity contribution is 5.82. The van der Waals surface area contributed by atoms with Gasteiger partial charge in [-0.3, -0.25) is 5.32 Å². The topological polar surface area (TPSA) is 38.3 Å². The van der Waals surface area contributed by atoms with Crippen molar-refractivity contribution in [1.29, 1.82) is 0 Å². The van der Waals surface area contributed by atoms with Gasteiger partial charge in [0.1, 0.15) is 5.54 Å². The molecular weight excluding hydrogens is 214 g/mol. The number of esters is 1. The van der Waals surface area contributed by atoms with Crippen LogP contribution in [-0.2, 0) is 15.1 Å². The lowest BCUT2D eigenvalue weighted by atomic mass is 9.87. The first-order valence-electron chi connectivity index (χ1n) is 6.14. The van der Waals surface area contributed by atoms with E-state index in [9.17, 15) is 4.79 Å². The van der Waals surface area contributed by atoms with E-state index in [4.69, 9.17) is 4.74 Å². The Kier molecular flexibility index (Phi) is 3.48. The Balaban J connectivity index is 2.36. The van der Waals surface area contributed by atoms with E-state index < -0.39 is 5.54 Å². The van der Waals surface area contributed by atoms with Crippen LogP contribution < -0.4 is 5.32 Å². The van der Waals surface area contributed by atoms with Crippen molar-refractivity contribution >= 4 is 5.97 Å². The molecule has 1 aliphatic rings. The van der Waals surface area contributed by atoms with E-state index in [1.807, 2.05) is 37.3 Å². The summed E-state index contributed by atoms with van der Waals surface area (Å²) < 4.78 is 4.99. The molecule has 1 saturated carbocycles. The van der Waals surface area contributed by atoms with Gasteiger partial charge in [0.2, 0.25) is 0 Å². The summed E-state index contributed by atoms with van der Waals surface area (Å²) in [6, 6.07) is 10.3. The normalized spacial score (nSPS) is 18.5. The second-order valence-corrected chi connectivity index (χ2v) is 4.54. The Bertz CT molecular complexity index is 386. The molecule has 17 heavy (non-hydrogen) atoms. The molecule has 0 bridgehead atoms. The highest BCUT2D eigenvalue weighted by Gasteiger charge is 2.43. The van der Waals surface area contributed by atoms with E-state index in [2.05, 4.69) is 5.32 Å². The number of rotatable bonds is 5. The number of hydrogen-bond donors (Lipinski definition) is 1. The van der Waals surface area contributed by atoms with E-state index in [0.717, 1.165) is 18.4 Å². The summed E-state index contributed by atoms with van der Waals surface area (Å²) in [6.07, 6.45) is 2.98. The molecule has 0 saturated heterocycles. The van der Waals surface area contributed by atoms with Crippen molar-refractivity contribution in [2.24, 2.45) is 0 Å². The average molecular weight is 233 g/mol. The summed E-state index contributed by atoms with van der Waals surface area (Å²) in [5.41, 5.74) is 0.304. The van der Waals surface area contributed by atoms with Crippen LogP contribution in [0.5, 0.6) is 0 Å². The minimum absolute atomic E-state index is 0.196. The molecule has 1 unspecified atom stereocenters. The van der Waals surface area contributed by atoms with E-state index in [-0.39, 0.29) is 5.97 Å². The molecule has 1 atom stereocenters. The zero-order valence-corrected chi connectivity index (χ0v) is 10.4. The second kappa shape index (κ2) is 4.88. The Hall–Kier alpha value is -1.35. The molecule has 0 aliphatic heterocycles. The van der Waals surface area contributed by atoms with Crippen LogP contribution in [0.2, 0.25) is 0 Å². The highest BCUT2D eigenvalue weighted by Crippen LogP contribution is 2.32. The number of benzene rings is 1. The van der Waals surface area contributed by atoms with Crippen molar-refractivity contribution < 1.29 is 9.53 Å². The van der Waals surface area contributed by atoms with Gasteiger partial charge in [0, 0.05) is 6.04 Å². The molecule has 0 amide bonds. The third-order valence-electron chi connectivity index (χ3n) is 3.36. The molecule has 0 heterocycles. The van der Waals surface area contributed by atoms with Crippen LogP contribution in [0.4, 0.5) is 0 Å². The Labute approximate surface area is 102 Å². The second-order valence-electron chi connectivity index (χ2n) is 4.54. The molecule has 1 fully saturated rings. The van der Waals surface area contributed by atoms with Crippen molar-refractivity contribution in [2.75, 3.05) is 7.11 Å². The predicted molar refractivity (Wildman–Crippen MR) is 66.6 cm³/mol. The molecule has 0 radical (unpaired) electrons. The van der Waals surface area contributed by atoms with Crippen LogP contribution in [0.25, 0.3) is 0 Å². The molecule has 92 valence electrons. The molecule has 2 rings (SSSR count). The first kappa shape index (κ1) is 12.1. The molecule has 3 heteroatoms. The lowest BCUT2D eigenvalue weighted by Crippen LogP contribution is -2.50. The fourth-order valence-corrected chi connectivity index (χ4v) is 2.18. The van der Waals surface area contributed by atoms with E-state index in [0.29, 0.717) is 12.5 Å². The molecular formula is C14H19NO2. The fourth-order valence-electron chi connectivity index (χ4n) is 2.18. The van der Waals surface area contributed by atoms with Crippen molar-refractivity contribution in [3.05, 3.63) is 35.9 Å². The van der Waals surface area contributed by atoms with Gasteiger partial charge in [-0.15, -0.1) is 0 Å². The van der Waals surface area contributed by atoms with Crippen LogP contribution >= 0.6 is 0 Å². The molecule has 1 aliphatic carbocycles. The fraction of sp³-hybridized carbons (Fsp3) is 0.500. The summed E-state index contributed by atoms with van der Waals surface area (Å²) in [7, 11) is 1.45. The van der Waals surface area contributed by atoms with Gasteiger partial charge in [0.05, 0.1) is 7.11 Å². The number of hydrogen-bond acceptors (Lipinski definition) is 3. The van der Waals surface area contributed by atoms with Gasteiger partial charge < -0.3 is 4.74 Å². The third-order valence-corrected chi connectivity index (χ3v) is 3.36. The third kappa shape index (κ3) is 2.34. The van der Waals surface area contributed by atoms with Crippen LogP contribution in [0.15, 0.2) is 30.3 Å². The Morgan fingerprint density at radius 2 is 2.06 bits per heavy atom. The van der Waals surface area contributed by atoms with E-state index in [1.165, 1.54) is 7.11 Å². The van der Waals surface area contributed by atoms with Gasteiger partial charge in [0.25, 0.3) is 0 Å². The highest BCUT2D eigenvalue weighted by atomic mass is 16.5. The van der Waals surface area contributed by atoms with Crippen LogP contribution in [0, 0.1) is 0 Å². The summed E-state index contributed by atoms with van der Waals surface area (Å²) in [4.78, 5) is 12.1. The van der Waals surface area contributed by atoms with Gasteiger partial charge in [-0.2, -0.15) is 0 Å². The monoisotopic (exact) mass is 233 g/mol. The summed E-state index contributed by atoms with van der Waals surface area (Å²) in [5, 5.41) is 3.45. The van der Waals surface area contributed by atoms with Crippen molar-refractivity contribution in [2.45, 2.75) is 37.8 Å². The lowest BCUT2D eigenvalue weighted by Gasteiger charge is -2.31. The van der Waals surface area contributed by atoms with Crippen molar-refractivity contribution in [1.82, 2.24) is 5.32 Å². The van der Waals surface area contributed by atoms with Crippen molar-refractivity contribution in [3.8, 4) is 0 Å². The van der Waals surface area contributed by atoms with Gasteiger partial charge in [0.15, 0.2) is 0 Å². The summed E-state index contributed by atoms with van der Waals surface area (Å²) >= 11 is 0. The average Bonchev–Trinajstić information content (AvgIpc) is 3.20. The smallest absolute Gasteiger partial charge is 0.330 e. The first-order chi connectivity index (χ1) is 8.23. The lowest BCUT2D eigenvalue weighted by molar-refractivity contribution is -0.149. The Morgan fingerprint density at radius 1 is 1.41 bits per heavy atom. The van der Waals surface area contributed by atoms with Gasteiger partial charge in [-0.25, -0.2) is 4.79 Å². The molecule has 0 spiro atoms. The van der Waals surface area contributed by atoms with Crippen molar-refractivity contribution in [3.63, 3.8) is 0 Å². The maximum Gasteiger partial charge on any atom is 0.330 e. The molecule has 1 aromatic carbocycles. The minimum atomic E-state index is -0.683. The number of carbonyl (C=O) groups excluding carboxylic acids is 1. The molecule has 0 aromatic heterocycles. The molecule has 1 N–H and O–H groups in total. The number of carbonyl (C=O) groups is 1.